The minimum absolute atomic E-state index is 0.556. The van der Waals surface area contributed by atoms with E-state index in [1.54, 1.807) is 10.9 Å². The topological polar surface area (TPSA) is 85.4 Å². The molecule has 3 heterocycles. The molecule has 6 nitrogen and oxygen atoms in total. The van der Waals surface area contributed by atoms with Crippen molar-refractivity contribution < 1.29 is 0 Å². The first-order chi connectivity index (χ1) is 8.70. The number of nitrogens with one attached hydrogen (secondary N) is 1. The highest BCUT2D eigenvalue weighted by molar-refractivity contribution is 5.89. The van der Waals surface area contributed by atoms with Crippen molar-refractivity contribution in [2.45, 2.75) is 20.3 Å². The minimum atomic E-state index is 0.556. The van der Waals surface area contributed by atoms with Gasteiger partial charge in [-0.2, -0.15) is 14.9 Å². The first kappa shape index (κ1) is 10.8. The number of aromatic nitrogens is 5. The summed E-state index contributed by atoms with van der Waals surface area (Å²) in [6.07, 6.45) is 2.57. The highest BCUT2D eigenvalue weighted by Crippen LogP contribution is 2.24. The lowest BCUT2D eigenvalue weighted by atomic mass is 10.2. The number of nitrogens with zero attached hydrogens (tertiary/aromatic N) is 4. The summed E-state index contributed by atoms with van der Waals surface area (Å²) < 4.78 is 1.73. The van der Waals surface area contributed by atoms with E-state index in [1.807, 2.05) is 26.0 Å². The predicted molar refractivity (Wildman–Crippen MR) is 69.5 cm³/mol. The molecule has 92 valence electrons. The van der Waals surface area contributed by atoms with Crippen LogP contribution in [0.3, 0.4) is 0 Å². The van der Waals surface area contributed by atoms with E-state index < -0.39 is 0 Å². The highest BCUT2D eigenvalue weighted by Gasteiger charge is 2.16. The van der Waals surface area contributed by atoms with Gasteiger partial charge in [-0.05, 0) is 31.0 Å². The first-order valence-electron chi connectivity index (χ1n) is 5.85. The molecule has 0 aliphatic rings. The van der Waals surface area contributed by atoms with Gasteiger partial charge in [0.05, 0.1) is 11.1 Å². The van der Waals surface area contributed by atoms with E-state index in [4.69, 9.17) is 5.73 Å². The summed E-state index contributed by atoms with van der Waals surface area (Å²) >= 11 is 0. The fourth-order valence-electron chi connectivity index (χ4n) is 2.04. The third-order valence-electron chi connectivity index (χ3n) is 2.94. The number of nitrogens with two attached hydrogens (primary N) is 1. The van der Waals surface area contributed by atoms with Crippen LogP contribution in [-0.4, -0.2) is 25.0 Å². The van der Waals surface area contributed by atoms with Gasteiger partial charge in [0.1, 0.15) is 5.82 Å². The first-order valence-corrected chi connectivity index (χ1v) is 5.85. The average Bonchev–Trinajstić information content (AvgIpc) is 2.90. The predicted octanol–water partition coefficient (Wildman–Crippen LogP) is 1.60. The van der Waals surface area contributed by atoms with Crippen molar-refractivity contribution >= 4 is 16.9 Å². The van der Waals surface area contributed by atoms with Crippen LogP contribution in [0.5, 0.6) is 0 Å². The number of fused-ring (bicyclic) bond motifs is 1. The van der Waals surface area contributed by atoms with E-state index in [0.717, 1.165) is 34.5 Å². The largest absolute Gasteiger partial charge is 0.383 e. The van der Waals surface area contributed by atoms with Crippen molar-refractivity contribution in [1.29, 1.82) is 0 Å². The standard InChI is InChI=1S/C12H14N6/c1-3-8-10-11(13)15-16-12(10)18(17-8)9-6-7(2)4-5-14-9/h4-6H,3H2,1-2H3,(H3,13,15,16). The normalized spacial score (nSPS) is 11.2. The van der Waals surface area contributed by atoms with Crippen LogP contribution >= 0.6 is 0 Å². The molecular weight excluding hydrogens is 228 g/mol. The van der Waals surface area contributed by atoms with Gasteiger partial charge in [-0.25, -0.2) is 4.98 Å². The zero-order valence-corrected chi connectivity index (χ0v) is 10.3. The van der Waals surface area contributed by atoms with E-state index in [-0.39, 0.29) is 0 Å². The molecular formula is C12H14N6. The lowest BCUT2D eigenvalue weighted by molar-refractivity contribution is 0.819. The number of hydrogen-bond acceptors (Lipinski definition) is 4. The van der Waals surface area contributed by atoms with Gasteiger partial charge in [0.15, 0.2) is 11.5 Å². The van der Waals surface area contributed by atoms with Crippen LogP contribution in [-0.2, 0) is 6.42 Å². The molecule has 0 saturated carbocycles. The van der Waals surface area contributed by atoms with Gasteiger partial charge in [0, 0.05) is 6.20 Å². The average molecular weight is 242 g/mol. The molecule has 0 saturated heterocycles. The van der Waals surface area contributed by atoms with E-state index in [2.05, 4.69) is 20.3 Å². The molecule has 0 bridgehead atoms. The molecule has 3 N–H and O–H groups in total. The minimum Gasteiger partial charge on any atom is -0.383 e. The molecule has 0 aromatic carbocycles. The van der Waals surface area contributed by atoms with Gasteiger partial charge in [0.2, 0.25) is 0 Å². The molecule has 18 heavy (non-hydrogen) atoms. The number of hydrogen-bond donors (Lipinski definition) is 2. The maximum Gasteiger partial charge on any atom is 0.188 e. The monoisotopic (exact) mass is 242 g/mol. The van der Waals surface area contributed by atoms with E-state index in [9.17, 15) is 0 Å². The number of anilines is 1. The summed E-state index contributed by atoms with van der Waals surface area (Å²) in [7, 11) is 0. The summed E-state index contributed by atoms with van der Waals surface area (Å²) in [4.78, 5) is 4.32. The highest BCUT2D eigenvalue weighted by atomic mass is 15.4. The van der Waals surface area contributed by atoms with Gasteiger partial charge >= 0.3 is 0 Å². The van der Waals surface area contributed by atoms with Crippen molar-refractivity contribution in [3.8, 4) is 5.82 Å². The Balaban J connectivity index is 2.29. The van der Waals surface area contributed by atoms with E-state index >= 15 is 0 Å². The SMILES string of the molecule is CCc1nn(-c2cc(C)ccn2)c2n[nH]c(N)c12. The molecule has 0 fully saturated rings. The smallest absolute Gasteiger partial charge is 0.188 e. The number of aryl methyl sites for hydroxylation is 2. The third-order valence-corrected chi connectivity index (χ3v) is 2.94. The van der Waals surface area contributed by atoms with E-state index in [0.29, 0.717) is 5.82 Å². The molecule has 0 aliphatic heterocycles. The van der Waals surface area contributed by atoms with Gasteiger partial charge in [0.25, 0.3) is 0 Å². The maximum absolute atomic E-state index is 5.88. The Morgan fingerprint density at radius 2 is 2.28 bits per heavy atom. The zero-order valence-electron chi connectivity index (χ0n) is 10.3. The fourth-order valence-corrected chi connectivity index (χ4v) is 2.04. The van der Waals surface area contributed by atoms with Gasteiger partial charge in [-0.3, -0.25) is 5.10 Å². The van der Waals surface area contributed by atoms with Crippen LogP contribution in [0, 0.1) is 6.92 Å². The number of rotatable bonds is 2. The molecule has 0 spiro atoms. The second-order valence-corrected chi connectivity index (χ2v) is 4.24. The molecule has 0 atom stereocenters. The molecule has 0 radical (unpaired) electrons. The molecule has 3 aromatic heterocycles. The zero-order chi connectivity index (χ0) is 12.7. The fraction of sp³-hybridized carbons (Fsp3) is 0.250. The Bertz CT molecular complexity index is 709. The van der Waals surface area contributed by atoms with Crippen molar-refractivity contribution in [2.75, 3.05) is 5.73 Å². The quantitative estimate of drug-likeness (QED) is 0.714. The van der Waals surface area contributed by atoms with Gasteiger partial charge in [-0.1, -0.05) is 6.92 Å². The molecule has 6 heteroatoms. The van der Waals surface area contributed by atoms with Crippen LogP contribution in [0.4, 0.5) is 5.82 Å². The Morgan fingerprint density at radius 1 is 1.44 bits per heavy atom. The van der Waals surface area contributed by atoms with Gasteiger partial charge < -0.3 is 5.73 Å². The van der Waals surface area contributed by atoms with Crippen molar-refractivity contribution in [1.82, 2.24) is 25.0 Å². The van der Waals surface area contributed by atoms with Gasteiger partial charge in [-0.15, -0.1) is 0 Å². The summed E-state index contributed by atoms with van der Waals surface area (Å²) in [5.41, 5.74) is 8.67. The van der Waals surface area contributed by atoms with Crippen molar-refractivity contribution in [2.24, 2.45) is 0 Å². The van der Waals surface area contributed by atoms with Crippen LogP contribution < -0.4 is 5.73 Å². The third kappa shape index (κ3) is 1.46. The summed E-state index contributed by atoms with van der Waals surface area (Å²) in [5.74, 6) is 1.31. The lowest BCUT2D eigenvalue weighted by Gasteiger charge is -2.01. The van der Waals surface area contributed by atoms with Crippen molar-refractivity contribution in [3.05, 3.63) is 29.6 Å². The van der Waals surface area contributed by atoms with Crippen LogP contribution in [0.1, 0.15) is 18.2 Å². The second kappa shape index (κ2) is 3.83. The Kier molecular flexibility index (Phi) is 2.29. The molecule has 0 unspecified atom stereocenters. The van der Waals surface area contributed by atoms with Crippen LogP contribution in [0.2, 0.25) is 0 Å². The number of H-pyrrole nitrogens is 1. The van der Waals surface area contributed by atoms with Crippen molar-refractivity contribution in [3.63, 3.8) is 0 Å². The molecule has 0 amide bonds. The van der Waals surface area contributed by atoms with Crippen LogP contribution in [0.15, 0.2) is 18.3 Å². The summed E-state index contributed by atoms with van der Waals surface area (Å²) in [6, 6.07) is 3.92. The number of aromatic amines is 1. The molecule has 3 aromatic rings. The Labute approximate surface area is 104 Å². The second-order valence-electron chi connectivity index (χ2n) is 4.24. The number of pyridine rings is 1. The maximum atomic E-state index is 5.88. The summed E-state index contributed by atoms with van der Waals surface area (Å²) in [5, 5.41) is 12.4. The van der Waals surface area contributed by atoms with E-state index in [1.165, 1.54) is 0 Å². The summed E-state index contributed by atoms with van der Waals surface area (Å²) in [6.45, 7) is 4.06. The molecule has 0 aliphatic carbocycles. The molecule has 3 rings (SSSR count). The Hall–Kier alpha value is -2.37. The lowest BCUT2D eigenvalue weighted by Crippen LogP contribution is -2.01. The number of nitrogen functional groups attached to an aromatic ring is 1. The van der Waals surface area contributed by atoms with Crippen LogP contribution in [0.25, 0.3) is 16.9 Å². The Morgan fingerprint density at radius 3 is 3.00 bits per heavy atom.